The fourth-order valence-corrected chi connectivity index (χ4v) is 19.4. The molecule has 19 rings (SSSR count). The summed E-state index contributed by atoms with van der Waals surface area (Å²) in [7, 11) is 8.01. The lowest BCUT2D eigenvalue weighted by atomic mass is 10.1. The topological polar surface area (TPSA) is 258 Å². The van der Waals surface area contributed by atoms with Crippen molar-refractivity contribution in [2.75, 3.05) is 74.3 Å². The summed E-state index contributed by atoms with van der Waals surface area (Å²) in [5.74, 6) is 5.24. The number of hydrogen-bond donors (Lipinski definition) is 4. The van der Waals surface area contributed by atoms with E-state index in [9.17, 15) is 24.3 Å². The molecule has 7 saturated carbocycles. The maximum Gasteiger partial charge on any atom is 0.411 e. The molecule has 684 valence electrons. The van der Waals surface area contributed by atoms with Gasteiger partial charge in [0.1, 0.15) is 52.5 Å². The fourth-order valence-electron chi connectivity index (χ4n) is 14.3. The molecule has 0 radical (unpaired) electrons. The third kappa shape index (κ3) is 32.9. The van der Waals surface area contributed by atoms with Crippen LogP contribution in [0.3, 0.4) is 0 Å². The first kappa shape index (κ1) is 103. The second-order valence-electron chi connectivity index (χ2n) is 34.0. The molecule has 129 heavy (non-hydrogen) atoms. The molecule has 3 heterocycles. The van der Waals surface area contributed by atoms with Gasteiger partial charge >= 0.3 is 6.09 Å². The maximum absolute atomic E-state index is 11.8. The average molecular weight is 2050 g/mol. The van der Waals surface area contributed by atoms with E-state index >= 15 is 0 Å². The van der Waals surface area contributed by atoms with Gasteiger partial charge in [0.2, 0.25) is 17.1 Å². The molecule has 0 unspecified atom stereocenters. The van der Waals surface area contributed by atoms with Gasteiger partial charge in [-0.25, -0.2) is 4.79 Å². The van der Waals surface area contributed by atoms with Crippen LogP contribution in [0.25, 0.3) is 32.9 Å². The zero-order valence-corrected chi connectivity index (χ0v) is 82.2. The minimum Gasteiger partial charge on any atom is -0.508 e. The summed E-state index contributed by atoms with van der Waals surface area (Å²) >= 11 is 19.6. The molecule has 2 aromatic heterocycles. The largest absolute Gasteiger partial charge is 0.508 e. The van der Waals surface area contributed by atoms with Gasteiger partial charge in [0.05, 0.1) is 82.3 Å². The molecule has 0 atom stereocenters. The van der Waals surface area contributed by atoms with Crippen molar-refractivity contribution in [1.29, 1.82) is 10.5 Å². The number of nitrogens with two attached hydrogens (primary N) is 1. The highest BCUT2D eigenvalue weighted by atomic mass is 127. The van der Waals surface area contributed by atoms with Gasteiger partial charge in [0, 0.05) is 114 Å². The lowest BCUT2D eigenvalue weighted by molar-refractivity contribution is -0.117. The molecule has 9 aromatic carbocycles. The number of amides is 3. The van der Waals surface area contributed by atoms with Crippen molar-refractivity contribution in [3.8, 4) is 57.8 Å². The number of nitrogens with zero attached hydrogens (tertiary/aromatic N) is 6. The average Bonchev–Trinajstić information content (AvgIpc) is 1.69. The quantitative estimate of drug-likeness (QED) is 0.0254. The summed E-state index contributed by atoms with van der Waals surface area (Å²) in [6.07, 6.45) is 20.7. The van der Waals surface area contributed by atoms with E-state index in [1.165, 1.54) is 84.2 Å². The number of aromatic nitrogens is 2. The van der Waals surface area contributed by atoms with E-state index in [4.69, 9.17) is 79.5 Å². The molecular formula is C103H121Cl3I2N9O11P. The number of alkyl halides is 2. The van der Waals surface area contributed by atoms with Crippen molar-refractivity contribution in [2.45, 2.75) is 192 Å². The molecule has 5 N–H and O–H groups in total. The Morgan fingerprint density at radius 1 is 0.550 bits per heavy atom. The van der Waals surface area contributed by atoms with Crippen molar-refractivity contribution in [3.05, 3.63) is 242 Å². The van der Waals surface area contributed by atoms with Gasteiger partial charge in [-0.1, -0.05) is 136 Å². The van der Waals surface area contributed by atoms with Crippen LogP contribution in [0.5, 0.6) is 34.5 Å². The number of carbonyl (C=O) groups is 4. The SMILES string of the molecule is C.CC(C)(C)P(c1ccccc1-c1ccccc1)C(C)(C)C.COc1ccc2c(C#N)cn(C3CC3)c2c1.COc1ccc2c(c1)N(C1CC1)C(=O)C2.COc1cccc(I)c1.COc1cccc(N(C(=O)CCl)C2CC2)c1.COc1cccc(NC2CC2)c1.N#Cc1cn(C2CC2)c2cc(O)ccc12.NC1CC1.O=C(Cl)CCl.O=C(Nc1ccc(I)cc1)OCC1CC1. The van der Waals surface area contributed by atoms with Gasteiger partial charge in [0.15, 0.2) is 0 Å². The Kier molecular flexibility index (Phi) is 39.9. The fraction of sp³-hybridized carbons (Fsp3) is 0.379. The summed E-state index contributed by atoms with van der Waals surface area (Å²) in [5.41, 5.74) is 16.5. The minimum absolute atomic E-state index is 0. The number of methoxy groups -OCH3 is 5. The number of fused-ring (bicyclic) bond motifs is 3. The third-order valence-corrected chi connectivity index (χ3v) is 27.0. The van der Waals surface area contributed by atoms with E-state index < -0.39 is 5.24 Å². The summed E-state index contributed by atoms with van der Waals surface area (Å²) in [4.78, 5) is 48.0. The highest BCUT2D eigenvalue weighted by molar-refractivity contribution is 14.1. The number of nitriles is 2. The molecule has 3 amide bonds. The summed E-state index contributed by atoms with van der Waals surface area (Å²) < 4.78 is 37.4. The molecule has 11 aromatic rings. The van der Waals surface area contributed by atoms with Gasteiger partial charge in [-0.3, -0.25) is 19.7 Å². The summed E-state index contributed by atoms with van der Waals surface area (Å²) in [5, 5.41) is 37.2. The number of aromatic hydroxyl groups is 1. The highest BCUT2D eigenvalue weighted by Gasteiger charge is 2.40. The van der Waals surface area contributed by atoms with Crippen LogP contribution in [0, 0.1) is 35.7 Å². The molecule has 7 fully saturated rings. The van der Waals surface area contributed by atoms with E-state index in [0.29, 0.717) is 71.1 Å². The lowest BCUT2D eigenvalue weighted by Crippen LogP contribution is -2.33. The van der Waals surface area contributed by atoms with Crippen LogP contribution in [0.2, 0.25) is 0 Å². The van der Waals surface area contributed by atoms with Gasteiger partial charge in [0.25, 0.3) is 0 Å². The van der Waals surface area contributed by atoms with E-state index in [0.717, 1.165) is 114 Å². The second-order valence-corrected chi connectivity index (χ2v) is 41.3. The molecule has 8 aliphatic rings. The molecule has 0 spiro atoms. The van der Waals surface area contributed by atoms with Crippen LogP contribution in [0.1, 0.15) is 168 Å². The number of phenolic OH excluding ortho intramolecular Hbond substituents is 1. The van der Waals surface area contributed by atoms with Crippen molar-refractivity contribution >= 4 is 161 Å². The Balaban J connectivity index is 0.000000165. The Hall–Kier alpha value is -9.76. The smallest absolute Gasteiger partial charge is 0.411 e. The van der Waals surface area contributed by atoms with Crippen LogP contribution in [-0.2, 0) is 25.5 Å². The highest BCUT2D eigenvalue weighted by Crippen LogP contribution is 2.59. The van der Waals surface area contributed by atoms with Crippen molar-refractivity contribution in [3.63, 3.8) is 0 Å². The van der Waals surface area contributed by atoms with Gasteiger partial charge in [-0.05, 0) is 282 Å². The second kappa shape index (κ2) is 50.0. The van der Waals surface area contributed by atoms with E-state index in [1.807, 2.05) is 151 Å². The van der Waals surface area contributed by atoms with Gasteiger partial charge in [-0.2, -0.15) is 10.5 Å². The molecule has 26 heteroatoms. The number of halogens is 5. The van der Waals surface area contributed by atoms with Crippen LogP contribution in [0.15, 0.2) is 219 Å². The van der Waals surface area contributed by atoms with Gasteiger partial charge < -0.3 is 63.5 Å². The molecule has 0 saturated heterocycles. The van der Waals surface area contributed by atoms with E-state index in [-0.39, 0.29) is 50.8 Å². The van der Waals surface area contributed by atoms with Crippen molar-refractivity contribution < 1.29 is 52.7 Å². The number of hydrogen-bond acceptors (Lipinski definition) is 15. The lowest BCUT2D eigenvalue weighted by Gasteiger charge is -2.42. The molecular weight excluding hydrogens is 1930 g/mol. The predicted octanol–water partition coefficient (Wildman–Crippen LogP) is 25.2. The van der Waals surface area contributed by atoms with E-state index in [1.54, 1.807) is 52.6 Å². The molecule has 0 bridgehead atoms. The normalized spacial score (nSPS) is 14.7. The zero-order valence-electron chi connectivity index (χ0n) is 74.7. The summed E-state index contributed by atoms with van der Waals surface area (Å²) in [6, 6.07) is 75.4. The molecule has 7 aliphatic carbocycles. The number of rotatable bonds is 19. The Morgan fingerprint density at radius 3 is 1.55 bits per heavy atom. The maximum atomic E-state index is 11.8. The third-order valence-electron chi connectivity index (χ3n) is 21.3. The Bertz CT molecular complexity index is 5560. The van der Waals surface area contributed by atoms with Crippen LogP contribution < -0.4 is 55.2 Å². The van der Waals surface area contributed by atoms with Gasteiger partial charge in [-0.15, -0.1) is 23.2 Å². The number of ether oxygens (including phenoxy) is 6. The number of anilines is 4. The van der Waals surface area contributed by atoms with Crippen LogP contribution in [0.4, 0.5) is 27.5 Å². The number of carbonyl (C=O) groups excluding carboxylic acids is 4. The van der Waals surface area contributed by atoms with Crippen LogP contribution >= 0.6 is 87.9 Å². The number of benzene rings is 9. The van der Waals surface area contributed by atoms with Crippen molar-refractivity contribution in [1.82, 2.24) is 9.13 Å². The first-order valence-corrected chi connectivity index (χ1v) is 48.1. The number of nitrogens with one attached hydrogen (secondary N) is 2. The monoisotopic (exact) mass is 2050 g/mol. The first-order valence-electron chi connectivity index (χ1n) is 43.2. The Labute approximate surface area is 804 Å². The molecule has 20 nitrogen and oxygen atoms in total. The zero-order chi connectivity index (χ0) is 92.2. The summed E-state index contributed by atoms with van der Waals surface area (Å²) in [6.45, 7) is 14.8. The first-order chi connectivity index (χ1) is 61.5. The Morgan fingerprint density at radius 2 is 1.05 bits per heavy atom. The number of phenols is 1. The van der Waals surface area contributed by atoms with Crippen molar-refractivity contribution in [2.24, 2.45) is 11.7 Å². The molecule has 1 aliphatic heterocycles. The standard InChI is InChI=1S/C20H27P.C13H12N2O.C12H14ClNO2.C12H10N2O.C12H13NO2.C11H12INO2.C10H13NO.C7H7IO.C3H7N.C2H2Cl2O.CH4/c1-19(2,3)21(20(4,5)6)18-15-11-10-14-17(18)16-12-8-7-9-13-16;1-16-11-4-5-12-9(7-14)8-15(10-2-3-10)13(12)6-11;1-16-11-4-2-3-10(7-11)14(9-5-6-9)12(15)8-13;13-6-8-7-14(9-1-2-9)12-5-10(15)3-4-11(8)12;1-15-10-5-2-8-6-12(14)13(9-3-4-9)11(8)7-10;12-9-3-5-10(6-4-9)13-11(14)15-7-8-1-2-8;1-12-10-4-2-3-9(7-10)11-8-5-6-8;1-9-7-4-2-3-6(8)5-7;4-3-1-2-3;3-1-2(4)5;/h7-15H,1-6H3;4-6,8,10H,2-3H2,1H3;2-4,7,9H,5-6,8H2,1H3;3-5,7,9,15H,1-2H2;2,5,7,9H,3-4,6H2,1H3;3-6,8H,1-2,7H2,(H,13,14);2-4,7-8,11H,5-6H2,1H3;2-5H,1H3;3H,1-2,4H2;1H2;1H4. The van der Waals surface area contributed by atoms with Crippen LogP contribution in [-0.4, -0.2) is 126 Å². The predicted molar refractivity (Wildman–Crippen MR) is 545 cm³/mol. The minimum atomic E-state index is -0.508. The van der Waals surface area contributed by atoms with E-state index in [2.05, 4.69) is 179 Å².